The number of hydrogen-bond acceptors (Lipinski definition) is 2. The van der Waals surface area contributed by atoms with Gasteiger partial charge in [0.2, 0.25) is 0 Å². The van der Waals surface area contributed by atoms with Crippen LogP contribution in [0.3, 0.4) is 0 Å². The molecule has 1 rings (SSSR count). The molecule has 68 valence electrons. The summed E-state index contributed by atoms with van der Waals surface area (Å²) in [7, 11) is 0. The van der Waals surface area contributed by atoms with E-state index in [1.807, 2.05) is 38.1 Å². The highest BCUT2D eigenvalue weighted by Gasteiger charge is 1.86. The topological polar surface area (TPSA) is 24.7 Å². The van der Waals surface area contributed by atoms with Crippen molar-refractivity contribution in [1.29, 1.82) is 0 Å². The summed E-state index contributed by atoms with van der Waals surface area (Å²) in [6.07, 6.45) is 0. The number of aliphatic imine (C=N–C) groups is 2. The summed E-state index contributed by atoms with van der Waals surface area (Å²) in [6, 6.07) is 10.9. The summed E-state index contributed by atoms with van der Waals surface area (Å²) in [5.41, 5.74) is 2.13. The van der Waals surface area contributed by atoms with Gasteiger partial charge in [-0.2, -0.15) is 4.99 Å². The summed E-state index contributed by atoms with van der Waals surface area (Å²) >= 11 is 0. The van der Waals surface area contributed by atoms with E-state index in [0.717, 1.165) is 5.69 Å². The number of rotatable bonds is 2. The molecule has 2 heteroatoms. The first kappa shape index (κ1) is 9.69. The second-order valence-corrected chi connectivity index (χ2v) is 3.27. The summed E-state index contributed by atoms with van der Waals surface area (Å²) in [4.78, 5) is 8.10. The van der Waals surface area contributed by atoms with Crippen LogP contribution in [0.4, 0.5) is 5.69 Å². The molecule has 2 nitrogen and oxygen atoms in total. The number of benzene rings is 1. The van der Waals surface area contributed by atoms with Crippen molar-refractivity contribution in [1.82, 2.24) is 0 Å². The second kappa shape index (κ2) is 4.58. The smallest absolute Gasteiger partial charge is 0.0951 e. The van der Waals surface area contributed by atoms with Gasteiger partial charge in [-0.25, -0.2) is 4.99 Å². The Bertz CT molecular complexity index is 316. The molecule has 0 radical (unpaired) electrons. The Morgan fingerprint density at radius 2 is 1.77 bits per heavy atom. The van der Waals surface area contributed by atoms with Crippen molar-refractivity contribution in [3.8, 4) is 0 Å². The van der Waals surface area contributed by atoms with Crippen molar-refractivity contribution in [2.24, 2.45) is 9.98 Å². The molecule has 0 bridgehead atoms. The Hall–Kier alpha value is -1.40. The van der Waals surface area contributed by atoms with Crippen LogP contribution in [0.2, 0.25) is 0 Å². The van der Waals surface area contributed by atoms with E-state index < -0.39 is 0 Å². The first-order valence-corrected chi connectivity index (χ1v) is 4.41. The minimum Gasteiger partial charge on any atom is -0.223 e. The van der Waals surface area contributed by atoms with Crippen LogP contribution in [0.1, 0.15) is 19.4 Å². The van der Waals surface area contributed by atoms with E-state index >= 15 is 0 Å². The SMILES string of the molecule is Cc1ccc(N=C=NC(C)C)cc1. The third kappa shape index (κ3) is 3.68. The Balaban J connectivity index is 2.75. The lowest BCUT2D eigenvalue weighted by Gasteiger charge is -1.91. The molecule has 0 atom stereocenters. The lowest BCUT2D eigenvalue weighted by molar-refractivity contribution is 0.842. The molecule has 1 aromatic carbocycles. The fourth-order valence-corrected chi connectivity index (χ4v) is 0.821. The first-order valence-electron chi connectivity index (χ1n) is 4.41. The molecule has 0 heterocycles. The quantitative estimate of drug-likeness (QED) is 0.615. The number of hydrogen-bond donors (Lipinski definition) is 0. The molecule has 0 N–H and O–H groups in total. The van der Waals surface area contributed by atoms with Gasteiger partial charge in [-0.3, -0.25) is 0 Å². The summed E-state index contributed by atoms with van der Waals surface area (Å²) in [6.45, 7) is 6.05. The monoisotopic (exact) mass is 174 g/mol. The third-order valence-corrected chi connectivity index (χ3v) is 1.53. The molecule has 0 amide bonds. The van der Waals surface area contributed by atoms with Gasteiger partial charge in [-0.05, 0) is 32.9 Å². The van der Waals surface area contributed by atoms with Crippen molar-refractivity contribution in [3.63, 3.8) is 0 Å². The summed E-state index contributed by atoms with van der Waals surface area (Å²) < 4.78 is 0. The molecule has 0 aliphatic rings. The van der Waals surface area contributed by atoms with E-state index in [9.17, 15) is 0 Å². The van der Waals surface area contributed by atoms with E-state index in [0.29, 0.717) is 0 Å². The van der Waals surface area contributed by atoms with Gasteiger partial charge in [0.05, 0.1) is 17.7 Å². The Morgan fingerprint density at radius 3 is 2.31 bits per heavy atom. The van der Waals surface area contributed by atoms with Gasteiger partial charge in [0.15, 0.2) is 0 Å². The van der Waals surface area contributed by atoms with Crippen molar-refractivity contribution in [3.05, 3.63) is 29.8 Å². The predicted molar refractivity (Wildman–Crippen MR) is 55.8 cm³/mol. The average Bonchev–Trinajstić information content (AvgIpc) is 2.08. The maximum absolute atomic E-state index is 4.07. The van der Waals surface area contributed by atoms with Gasteiger partial charge in [0, 0.05) is 0 Å². The fourth-order valence-electron chi connectivity index (χ4n) is 0.821. The Morgan fingerprint density at radius 1 is 1.15 bits per heavy atom. The van der Waals surface area contributed by atoms with Crippen LogP contribution < -0.4 is 0 Å². The highest BCUT2D eigenvalue weighted by atomic mass is 14.8. The van der Waals surface area contributed by atoms with Crippen LogP contribution in [0, 0.1) is 6.92 Å². The number of aryl methyl sites for hydroxylation is 1. The van der Waals surface area contributed by atoms with Gasteiger partial charge in [-0.1, -0.05) is 17.7 Å². The average molecular weight is 174 g/mol. The van der Waals surface area contributed by atoms with Crippen molar-refractivity contribution in [2.45, 2.75) is 26.8 Å². The number of nitrogens with zero attached hydrogens (tertiary/aromatic N) is 2. The fraction of sp³-hybridized carbons (Fsp3) is 0.364. The van der Waals surface area contributed by atoms with Gasteiger partial charge in [-0.15, -0.1) is 0 Å². The van der Waals surface area contributed by atoms with Gasteiger partial charge in [0.25, 0.3) is 0 Å². The zero-order valence-corrected chi connectivity index (χ0v) is 8.28. The molecule has 0 aliphatic carbocycles. The lowest BCUT2D eigenvalue weighted by Crippen LogP contribution is -1.84. The van der Waals surface area contributed by atoms with Crippen LogP contribution >= 0.6 is 0 Å². The molecule has 0 unspecified atom stereocenters. The van der Waals surface area contributed by atoms with E-state index in [1.165, 1.54) is 5.56 Å². The highest BCUT2D eigenvalue weighted by molar-refractivity contribution is 5.52. The van der Waals surface area contributed by atoms with E-state index in [2.05, 4.69) is 22.9 Å². The van der Waals surface area contributed by atoms with Crippen LogP contribution in [0.25, 0.3) is 0 Å². The molecule has 0 saturated heterocycles. The highest BCUT2D eigenvalue weighted by Crippen LogP contribution is 2.10. The van der Waals surface area contributed by atoms with Crippen LogP contribution in [-0.4, -0.2) is 12.1 Å². The zero-order valence-electron chi connectivity index (χ0n) is 8.28. The Labute approximate surface area is 79.0 Å². The maximum Gasteiger partial charge on any atom is 0.0951 e. The largest absolute Gasteiger partial charge is 0.223 e. The van der Waals surface area contributed by atoms with Crippen LogP contribution in [0.15, 0.2) is 34.3 Å². The molecular weight excluding hydrogens is 160 g/mol. The molecule has 0 aliphatic heterocycles. The molecule has 13 heavy (non-hydrogen) atoms. The molecule has 0 saturated carbocycles. The summed E-state index contributed by atoms with van der Waals surface area (Å²) in [5, 5.41) is 0. The van der Waals surface area contributed by atoms with Gasteiger partial charge in [0.1, 0.15) is 0 Å². The standard InChI is InChI=1S/C11H14N2/c1-9(2)12-8-13-11-6-4-10(3)5-7-11/h4-7,9H,1-3H3. The third-order valence-electron chi connectivity index (χ3n) is 1.53. The molecule has 1 aromatic rings. The van der Waals surface area contributed by atoms with Crippen molar-refractivity contribution in [2.75, 3.05) is 0 Å². The molecule has 0 aromatic heterocycles. The van der Waals surface area contributed by atoms with Gasteiger partial charge < -0.3 is 0 Å². The van der Waals surface area contributed by atoms with Gasteiger partial charge >= 0.3 is 0 Å². The normalized spacial score (nSPS) is 9.54. The lowest BCUT2D eigenvalue weighted by atomic mass is 10.2. The van der Waals surface area contributed by atoms with E-state index in [1.54, 1.807) is 0 Å². The first-order chi connectivity index (χ1) is 6.18. The molecule has 0 fully saturated rings. The van der Waals surface area contributed by atoms with E-state index in [4.69, 9.17) is 0 Å². The van der Waals surface area contributed by atoms with Crippen molar-refractivity contribution < 1.29 is 0 Å². The summed E-state index contributed by atoms with van der Waals surface area (Å²) in [5.74, 6) is 0. The van der Waals surface area contributed by atoms with E-state index in [-0.39, 0.29) is 6.04 Å². The molecular formula is C11H14N2. The van der Waals surface area contributed by atoms with Crippen LogP contribution in [0.5, 0.6) is 0 Å². The minimum absolute atomic E-state index is 0.259. The predicted octanol–water partition coefficient (Wildman–Crippen LogP) is 3.21. The zero-order chi connectivity index (χ0) is 9.68. The Kier molecular flexibility index (Phi) is 3.41. The minimum atomic E-state index is 0.259. The second-order valence-electron chi connectivity index (χ2n) is 3.27. The van der Waals surface area contributed by atoms with Crippen molar-refractivity contribution >= 4 is 11.7 Å². The molecule has 0 spiro atoms. The van der Waals surface area contributed by atoms with Crippen LogP contribution in [-0.2, 0) is 0 Å². The maximum atomic E-state index is 4.07.